The fraction of sp³-hybridized carbons (Fsp3) is 0.364. The van der Waals surface area contributed by atoms with Crippen LogP contribution in [-0.2, 0) is 6.54 Å². The average molecular weight is 236 g/mol. The number of thiophene rings is 1. The van der Waals surface area contributed by atoms with Gasteiger partial charge in [-0.3, -0.25) is 5.84 Å². The summed E-state index contributed by atoms with van der Waals surface area (Å²) in [6.45, 7) is 3.12. The number of hydrogen-bond donors (Lipinski definition) is 2. The maximum absolute atomic E-state index is 5.62. The predicted octanol–water partition coefficient (Wildman–Crippen LogP) is 1.91. The van der Waals surface area contributed by atoms with Gasteiger partial charge in [-0.05, 0) is 17.9 Å². The molecule has 1 atom stereocenters. The molecule has 0 spiro atoms. The zero-order valence-electron chi connectivity index (χ0n) is 9.26. The third-order valence-corrected chi connectivity index (χ3v) is 3.40. The first-order valence-corrected chi connectivity index (χ1v) is 6.25. The molecular weight excluding hydrogens is 220 g/mol. The monoisotopic (exact) mass is 236 g/mol. The van der Waals surface area contributed by atoms with Crippen LogP contribution in [0.3, 0.4) is 0 Å². The van der Waals surface area contributed by atoms with E-state index in [9.17, 15) is 0 Å². The van der Waals surface area contributed by atoms with Crippen LogP contribution < -0.4 is 11.3 Å². The van der Waals surface area contributed by atoms with Crippen molar-refractivity contribution < 1.29 is 0 Å². The van der Waals surface area contributed by atoms with Gasteiger partial charge in [0.1, 0.15) is 11.9 Å². The molecule has 4 nitrogen and oxygen atoms in total. The van der Waals surface area contributed by atoms with Gasteiger partial charge in [-0.25, -0.2) is 10.4 Å². The predicted molar refractivity (Wildman–Crippen MR) is 66.0 cm³/mol. The van der Waals surface area contributed by atoms with Crippen molar-refractivity contribution >= 4 is 11.3 Å². The van der Waals surface area contributed by atoms with E-state index in [0.29, 0.717) is 0 Å². The fourth-order valence-corrected chi connectivity index (χ4v) is 2.53. The highest BCUT2D eigenvalue weighted by molar-refractivity contribution is 7.10. The van der Waals surface area contributed by atoms with Crippen LogP contribution in [0.2, 0.25) is 0 Å². The number of hydrazine groups is 1. The SMILES string of the molecule is CCCn1ccnc1C(NN)c1cccs1. The molecule has 0 radical (unpaired) electrons. The molecule has 0 saturated heterocycles. The first-order valence-electron chi connectivity index (χ1n) is 5.37. The lowest BCUT2D eigenvalue weighted by atomic mass is 10.2. The molecule has 2 heterocycles. The Labute approximate surface area is 99.1 Å². The van der Waals surface area contributed by atoms with E-state index in [1.807, 2.05) is 23.8 Å². The summed E-state index contributed by atoms with van der Waals surface area (Å²) in [4.78, 5) is 5.58. The van der Waals surface area contributed by atoms with E-state index in [2.05, 4.69) is 28.0 Å². The second kappa shape index (κ2) is 5.25. The van der Waals surface area contributed by atoms with Gasteiger partial charge in [-0.15, -0.1) is 11.3 Å². The summed E-state index contributed by atoms with van der Waals surface area (Å²) < 4.78 is 2.14. The molecule has 0 bridgehead atoms. The molecule has 0 aliphatic carbocycles. The van der Waals surface area contributed by atoms with E-state index >= 15 is 0 Å². The van der Waals surface area contributed by atoms with E-state index in [-0.39, 0.29) is 6.04 Å². The first kappa shape index (κ1) is 11.3. The van der Waals surface area contributed by atoms with Crippen molar-refractivity contribution in [1.82, 2.24) is 15.0 Å². The zero-order chi connectivity index (χ0) is 11.4. The Morgan fingerprint density at radius 3 is 3.12 bits per heavy atom. The number of nitrogens with two attached hydrogens (primary N) is 1. The highest BCUT2D eigenvalue weighted by atomic mass is 32.1. The molecule has 0 aliphatic rings. The third-order valence-electron chi connectivity index (χ3n) is 2.46. The molecule has 0 aliphatic heterocycles. The highest BCUT2D eigenvalue weighted by Gasteiger charge is 2.18. The summed E-state index contributed by atoms with van der Waals surface area (Å²) >= 11 is 1.68. The van der Waals surface area contributed by atoms with Crippen molar-refractivity contribution in [1.29, 1.82) is 0 Å². The molecular formula is C11H16N4S. The van der Waals surface area contributed by atoms with Gasteiger partial charge in [0.15, 0.2) is 0 Å². The van der Waals surface area contributed by atoms with Gasteiger partial charge in [-0.2, -0.15) is 0 Å². The molecule has 0 fully saturated rings. The van der Waals surface area contributed by atoms with Gasteiger partial charge in [-0.1, -0.05) is 13.0 Å². The molecule has 0 aromatic carbocycles. The summed E-state index contributed by atoms with van der Waals surface area (Å²) in [7, 11) is 0. The molecule has 16 heavy (non-hydrogen) atoms. The summed E-state index contributed by atoms with van der Waals surface area (Å²) in [5, 5.41) is 2.05. The minimum absolute atomic E-state index is 0.0125. The molecule has 1 unspecified atom stereocenters. The summed E-state index contributed by atoms with van der Waals surface area (Å²) in [5.41, 5.74) is 2.83. The van der Waals surface area contributed by atoms with Crippen molar-refractivity contribution in [3.63, 3.8) is 0 Å². The molecule has 2 rings (SSSR count). The van der Waals surface area contributed by atoms with Crippen molar-refractivity contribution in [3.05, 3.63) is 40.6 Å². The molecule has 0 amide bonds. The number of aromatic nitrogens is 2. The van der Waals surface area contributed by atoms with Crippen LogP contribution in [-0.4, -0.2) is 9.55 Å². The van der Waals surface area contributed by atoms with Crippen molar-refractivity contribution in [2.75, 3.05) is 0 Å². The maximum atomic E-state index is 5.62. The second-order valence-electron chi connectivity index (χ2n) is 3.59. The number of nitrogens with one attached hydrogen (secondary N) is 1. The largest absolute Gasteiger partial charge is 0.333 e. The molecule has 2 aromatic rings. The van der Waals surface area contributed by atoms with E-state index in [0.717, 1.165) is 18.8 Å². The van der Waals surface area contributed by atoms with Gasteiger partial charge < -0.3 is 4.57 Å². The summed E-state index contributed by atoms with van der Waals surface area (Å²) in [6.07, 6.45) is 4.91. The Morgan fingerprint density at radius 1 is 1.62 bits per heavy atom. The number of rotatable bonds is 5. The zero-order valence-corrected chi connectivity index (χ0v) is 10.1. The fourth-order valence-electron chi connectivity index (χ4n) is 1.75. The number of aryl methyl sites for hydroxylation is 1. The Morgan fingerprint density at radius 2 is 2.50 bits per heavy atom. The Bertz CT molecular complexity index is 421. The normalized spacial score (nSPS) is 12.9. The minimum atomic E-state index is -0.0125. The first-order chi connectivity index (χ1) is 7.86. The number of imidazole rings is 1. The molecule has 5 heteroatoms. The molecule has 2 aromatic heterocycles. The Kier molecular flexibility index (Phi) is 3.71. The van der Waals surface area contributed by atoms with Crippen LogP contribution in [0.1, 0.15) is 30.1 Å². The minimum Gasteiger partial charge on any atom is -0.333 e. The Hall–Kier alpha value is -1.17. The smallest absolute Gasteiger partial charge is 0.132 e. The van der Waals surface area contributed by atoms with Crippen LogP contribution in [0.15, 0.2) is 29.9 Å². The Balaban J connectivity index is 2.30. The molecule has 86 valence electrons. The van der Waals surface area contributed by atoms with E-state index < -0.39 is 0 Å². The van der Waals surface area contributed by atoms with Gasteiger partial charge in [0.2, 0.25) is 0 Å². The van der Waals surface area contributed by atoms with Crippen molar-refractivity contribution in [2.24, 2.45) is 5.84 Å². The third kappa shape index (κ3) is 2.16. The maximum Gasteiger partial charge on any atom is 0.132 e. The lowest BCUT2D eigenvalue weighted by molar-refractivity contribution is 0.551. The van der Waals surface area contributed by atoms with Crippen LogP contribution in [0.5, 0.6) is 0 Å². The lowest BCUT2D eigenvalue weighted by Gasteiger charge is -2.15. The quantitative estimate of drug-likeness (QED) is 0.616. The standard InChI is InChI=1S/C11H16N4S/c1-2-6-15-7-5-13-11(15)10(14-12)9-4-3-8-16-9/h3-5,7-8,10,14H,2,6,12H2,1H3. The molecule has 3 N–H and O–H groups in total. The van der Waals surface area contributed by atoms with E-state index in [1.165, 1.54) is 4.88 Å². The lowest BCUT2D eigenvalue weighted by Crippen LogP contribution is -2.30. The van der Waals surface area contributed by atoms with Gasteiger partial charge in [0, 0.05) is 23.8 Å². The second-order valence-corrected chi connectivity index (χ2v) is 4.57. The van der Waals surface area contributed by atoms with Crippen LogP contribution >= 0.6 is 11.3 Å². The van der Waals surface area contributed by atoms with Crippen LogP contribution in [0.25, 0.3) is 0 Å². The highest BCUT2D eigenvalue weighted by Crippen LogP contribution is 2.24. The van der Waals surface area contributed by atoms with Crippen LogP contribution in [0, 0.1) is 0 Å². The number of nitrogens with zero attached hydrogens (tertiary/aromatic N) is 2. The van der Waals surface area contributed by atoms with Crippen molar-refractivity contribution in [3.8, 4) is 0 Å². The van der Waals surface area contributed by atoms with Gasteiger partial charge in [0.05, 0.1) is 0 Å². The topological polar surface area (TPSA) is 55.9 Å². The average Bonchev–Trinajstić information content (AvgIpc) is 2.92. The van der Waals surface area contributed by atoms with E-state index in [1.54, 1.807) is 11.3 Å². The number of hydrogen-bond acceptors (Lipinski definition) is 4. The van der Waals surface area contributed by atoms with E-state index in [4.69, 9.17) is 5.84 Å². The summed E-state index contributed by atoms with van der Waals surface area (Å²) in [5.74, 6) is 6.60. The van der Waals surface area contributed by atoms with Crippen LogP contribution in [0.4, 0.5) is 0 Å². The van der Waals surface area contributed by atoms with Gasteiger partial charge in [0.25, 0.3) is 0 Å². The summed E-state index contributed by atoms with van der Waals surface area (Å²) in [6, 6.07) is 4.08. The van der Waals surface area contributed by atoms with Gasteiger partial charge >= 0.3 is 0 Å². The van der Waals surface area contributed by atoms with Crippen molar-refractivity contribution in [2.45, 2.75) is 25.9 Å². The molecule has 0 saturated carbocycles.